The van der Waals surface area contributed by atoms with Crippen LogP contribution in [0, 0.1) is 0 Å². The highest BCUT2D eigenvalue weighted by Gasteiger charge is 2.30. The molecule has 3 N–H and O–H groups in total. The van der Waals surface area contributed by atoms with Crippen LogP contribution in [0.4, 0.5) is 4.79 Å². The van der Waals surface area contributed by atoms with Crippen molar-refractivity contribution in [1.82, 2.24) is 5.32 Å². The van der Waals surface area contributed by atoms with Gasteiger partial charge in [-0.05, 0) is 39.9 Å². The van der Waals surface area contributed by atoms with Crippen LogP contribution in [-0.4, -0.2) is 34.9 Å². The zero-order valence-electron chi connectivity index (χ0n) is 16.4. The molecule has 6 nitrogen and oxygen atoms in total. The molecule has 3 aromatic carbocycles. The summed E-state index contributed by atoms with van der Waals surface area (Å²) in [5, 5.41) is 22.2. The number of fused-ring (bicyclic) bond motifs is 3. The van der Waals surface area contributed by atoms with Crippen LogP contribution in [0.2, 0.25) is 5.02 Å². The number of aromatic hydroxyl groups is 1. The largest absolute Gasteiger partial charge is 0.508 e. The van der Waals surface area contributed by atoms with E-state index < -0.39 is 18.1 Å². The number of alkyl carbamates (subject to hydrolysis) is 1. The number of benzene rings is 3. The van der Waals surface area contributed by atoms with E-state index in [-0.39, 0.29) is 24.7 Å². The molecule has 1 atom stereocenters. The third kappa shape index (κ3) is 4.34. The molecule has 0 bridgehead atoms. The number of amides is 1. The number of phenolic OH excluding ortho intramolecular Hbond substituents is 1. The van der Waals surface area contributed by atoms with Crippen LogP contribution in [0.15, 0.2) is 66.7 Å². The summed E-state index contributed by atoms with van der Waals surface area (Å²) >= 11 is 5.81. The number of phenols is 1. The SMILES string of the molecule is O=C(NC(Cc1ccc(Cl)cc1O)C(=O)O)OCC1c2ccccc2-c2ccccc21. The molecular formula is C24H20ClNO5. The molecule has 158 valence electrons. The molecule has 1 amide bonds. The third-order valence-corrected chi connectivity index (χ3v) is 5.64. The summed E-state index contributed by atoms with van der Waals surface area (Å²) in [5.41, 5.74) is 4.70. The lowest BCUT2D eigenvalue weighted by molar-refractivity contribution is -0.139. The van der Waals surface area contributed by atoms with E-state index in [9.17, 15) is 19.8 Å². The first-order valence-electron chi connectivity index (χ1n) is 9.75. The van der Waals surface area contributed by atoms with Crippen molar-refractivity contribution in [2.75, 3.05) is 6.61 Å². The molecule has 3 aromatic rings. The smallest absolute Gasteiger partial charge is 0.407 e. The number of ether oxygens (including phenoxy) is 1. The predicted molar refractivity (Wildman–Crippen MR) is 116 cm³/mol. The number of carbonyl (C=O) groups is 2. The van der Waals surface area contributed by atoms with Gasteiger partial charge in [0.25, 0.3) is 0 Å². The van der Waals surface area contributed by atoms with Crippen molar-refractivity contribution in [3.05, 3.63) is 88.4 Å². The Morgan fingerprint density at radius 2 is 1.61 bits per heavy atom. The van der Waals surface area contributed by atoms with E-state index in [0.29, 0.717) is 10.6 Å². The Morgan fingerprint density at radius 1 is 1.00 bits per heavy atom. The van der Waals surface area contributed by atoms with Crippen LogP contribution in [0.25, 0.3) is 11.1 Å². The number of rotatable bonds is 6. The number of carboxylic acid groups (broad SMARTS) is 1. The summed E-state index contributed by atoms with van der Waals surface area (Å²) < 4.78 is 5.41. The highest BCUT2D eigenvalue weighted by atomic mass is 35.5. The van der Waals surface area contributed by atoms with Gasteiger partial charge in [-0.25, -0.2) is 9.59 Å². The summed E-state index contributed by atoms with van der Waals surface area (Å²) in [6.45, 7) is 0.0817. The second kappa shape index (κ2) is 8.70. The molecule has 7 heteroatoms. The average molecular weight is 438 g/mol. The molecule has 1 aliphatic carbocycles. The minimum absolute atomic E-state index is 0.0817. The van der Waals surface area contributed by atoms with Crippen molar-refractivity contribution in [1.29, 1.82) is 0 Å². The molecule has 0 saturated heterocycles. The van der Waals surface area contributed by atoms with E-state index in [4.69, 9.17) is 16.3 Å². The Morgan fingerprint density at radius 3 is 2.19 bits per heavy atom. The molecule has 0 radical (unpaired) electrons. The Balaban J connectivity index is 1.44. The maximum absolute atomic E-state index is 12.4. The van der Waals surface area contributed by atoms with Gasteiger partial charge in [0.05, 0.1) is 0 Å². The summed E-state index contributed by atoms with van der Waals surface area (Å²) in [7, 11) is 0. The summed E-state index contributed by atoms with van der Waals surface area (Å²) in [6, 6.07) is 19.0. The van der Waals surface area contributed by atoms with Gasteiger partial charge in [0, 0.05) is 17.4 Å². The minimum Gasteiger partial charge on any atom is -0.508 e. The molecular weight excluding hydrogens is 418 g/mol. The zero-order valence-corrected chi connectivity index (χ0v) is 17.2. The average Bonchev–Trinajstić information content (AvgIpc) is 3.07. The Labute approximate surface area is 184 Å². The first-order valence-corrected chi connectivity index (χ1v) is 10.1. The van der Waals surface area contributed by atoms with Crippen molar-refractivity contribution >= 4 is 23.7 Å². The zero-order chi connectivity index (χ0) is 22.0. The summed E-state index contributed by atoms with van der Waals surface area (Å²) in [6.07, 6.45) is -0.939. The topological polar surface area (TPSA) is 95.9 Å². The normalized spacial score (nSPS) is 13.2. The van der Waals surface area contributed by atoms with Crippen molar-refractivity contribution in [3.63, 3.8) is 0 Å². The van der Waals surface area contributed by atoms with Gasteiger partial charge in [-0.2, -0.15) is 0 Å². The van der Waals surface area contributed by atoms with Gasteiger partial charge in [-0.3, -0.25) is 0 Å². The molecule has 1 aliphatic rings. The first-order chi connectivity index (χ1) is 14.9. The van der Waals surface area contributed by atoms with E-state index in [2.05, 4.69) is 5.32 Å². The Hall–Kier alpha value is -3.51. The third-order valence-electron chi connectivity index (χ3n) is 5.41. The minimum atomic E-state index is -1.26. The molecule has 0 heterocycles. The summed E-state index contributed by atoms with van der Waals surface area (Å²) in [5.74, 6) is -1.49. The highest BCUT2D eigenvalue weighted by Crippen LogP contribution is 2.44. The van der Waals surface area contributed by atoms with E-state index in [1.54, 1.807) is 6.07 Å². The fourth-order valence-corrected chi connectivity index (χ4v) is 4.08. The first kappa shape index (κ1) is 20.8. The molecule has 0 aromatic heterocycles. The maximum atomic E-state index is 12.4. The molecule has 0 spiro atoms. The fourth-order valence-electron chi connectivity index (χ4n) is 3.91. The monoisotopic (exact) mass is 437 g/mol. The van der Waals surface area contributed by atoms with Crippen LogP contribution in [0.1, 0.15) is 22.6 Å². The van der Waals surface area contributed by atoms with Crippen LogP contribution < -0.4 is 5.32 Å². The maximum Gasteiger partial charge on any atom is 0.407 e. The van der Waals surface area contributed by atoms with E-state index in [1.165, 1.54) is 12.1 Å². The predicted octanol–water partition coefficient (Wildman–Crippen LogP) is 4.58. The van der Waals surface area contributed by atoms with Gasteiger partial charge < -0.3 is 20.3 Å². The molecule has 0 aliphatic heterocycles. The van der Waals surface area contributed by atoms with Gasteiger partial charge >= 0.3 is 12.1 Å². The standard InChI is InChI=1S/C24H20ClNO5/c25-15-10-9-14(22(27)12-15)11-21(23(28)29)26-24(30)31-13-20-18-7-3-1-5-16(18)17-6-2-4-8-19(17)20/h1-10,12,20-21,27H,11,13H2,(H,26,30)(H,28,29). The molecule has 1 unspecified atom stereocenters. The quantitative estimate of drug-likeness (QED) is 0.524. The molecule has 4 rings (SSSR count). The van der Waals surface area contributed by atoms with Gasteiger partial charge in [0.1, 0.15) is 18.4 Å². The van der Waals surface area contributed by atoms with Crippen molar-refractivity contribution in [3.8, 4) is 16.9 Å². The number of hydrogen-bond donors (Lipinski definition) is 3. The number of hydrogen-bond acceptors (Lipinski definition) is 4. The molecule has 0 fully saturated rings. The van der Waals surface area contributed by atoms with Gasteiger partial charge in [-0.1, -0.05) is 66.2 Å². The lowest BCUT2D eigenvalue weighted by Gasteiger charge is -2.18. The Bertz CT molecular complexity index is 1100. The number of nitrogens with one attached hydrogen (secondary N) is 1. The fraction of sp³-hybridized carbons (Fsp3) is 0.167. The lowest BCUT2D eigenvalue weighted by Crippen LogP contribution is -2.42. The van der Waals surface area contributed by atoms with Crippen molar-refractivity contribution in [2.24, 2.45) is 0 Å². The number of carboxylic acids is 1. The second-order valence-electron chi connectivity index (χ2n) is 7.34. The second-order valence-corrected chi connectivity index (χ2v) is 7.77. The lowest BCUT2D eigenvalue weighted by atomic mass is 9.98. The van der Waals surface area contributed by atoms with Crippen molar-refractivity contribution < 1.29 is 24.5 Å². The van der Waals surface area contributed by atoms with Crippen LogP contribution in [-0.2, 0) is 16.0 Å². The molecule has 31 heavy (non-hydrogen) atoms. The van der Waals surface area contributed by atoms with Crippen molar-refractivity contribution in [2.45, 2.75) is 18.4 Å². The van der Waals surface area contributed by atoms with Crippen LogP contribution >= 0.6 is 11.6 Å². The van der Waals surface area contributed by atoms with Crippen LogP contribution in [0.5, 0.6) is 5.75 Å². The highest BCUT2D eigenvalue weighted by molar-refractivity contribution is 6.30. The van der Waals surface area contributed by atoms with Crippen LogP contribution in [0.3, 0.4) is 0 Å². The number of carbonyl (C=O) groups excluding carboxylic acids is 1. The Kier molecular flexibility index (Phi) is 5.82. The summed E-state index contributed by atoms with van der Waals surface area (Å²) in [4.78, 5) is 24.0. The number of halogens is 1. The van der Waals surface area contributed by atoms with E-state index in [0.717, 1.165) is 22.3 Å². The molecule has 0 saturated carbocycles. The van der Waals surface area contributed by atoms with Gasteiger partial charge in [0.15, 0.2) is 0 Å². The van der Waals surface area contributed by atoms with Gasteiger partial charge in [0.2, 0.25) is 0 Å². The van der Waals surface area contributed by atoms with Gasteiger partial charge in [-0.15, -0.1) is 0 Å². The van der Waals surface area contributed by atoms with E-state index in [1.807, 2.05) is 48.5 Å². The number of aliphatic carboxylic acids is 1. The van der Waals surface area contributed by atoms with E-state index >= 15 is 0 Å².